The lowest BCUT2D eigenvalue weighted by molar-refractivity contribution is -0.134. The molecule has 44 heavy (non-hydrogen) atoms. The largest absolute Gasteiger partial charge is 0.378 e. The Labute approximate surface area is 262 Å². The fraction of sp³-hybridized carbons (Fsp3) is 0.469. The van der Waals surface area contributed by atoms with E-state index in [2.05, 4.69) is 72.8 Å². The molecule has 2 aromatic heterocycles. The van der Waals surface area contributed by atoms with Crippen LogP contribution in [0.1, 0.15) is 47.8 Å². The van der Waals surface area contributed by atoms with Gasteiger partial charge in [-0.15, -0.1) is 0 Å². The normalized spacial score (nSPS) is 23.4. The number of hydrogen-bond acceptors (Lipinski definition) is 9. The van der Waals surface area contributed by atoms with E-state index in [0.717, 1.165) is 63.5 Å². The molecule has 2 N–H and O–H groups in total. The van der Waals surface area contributed by atoms with Gasteiger partial charge < -0.3 is 15.1 Å². The second kappa shape index (κ2) is 13.1. The Morgan fingerprint density at radius 2 is 1.75 bits per heavy atom. The number of rotatable bonds is 7. The number of amides is 2. The van der Waals surface area contributed by atoms with Crippen LogP contribution in [0.3, 0.4) is 0 Å². The third-order valence-corrected chi connectivity index (χ3v) is 9.42. The van der Waals surface area contributed by atoms with Gasteiger partial charge in [-0.05, 0) is 48.6 Å². The molecule has 12 heteroatoms. The lowest BCUT2D eigenvalue weighted by Gasteiger charge is -2.37. The van der Waals surface area contributed by atoms with Crippen molar-refractivity contribution in [2.75, 3.05) is 56.5 Å². The number of nitrogens with one attached hydrogen (secondary N) is 2. The van der Waals surface area contributed by atoms with Gasteiger partial charge in [-0.1, -0.05) is 35.9 Å². The second-order valence-electron chi connectivity index (χ2n) is 12.3. The third-order valence-electron chi connectivity index (χ3n) is 9.05. The Hall–Kier alpha value is -3.80. The predicted molar refractivity (Wildman–Crippen MR) is 170 cm³/mol. The SMILES string of the molecule is CN1C[C@H](Nc2cnn(C)c(=O)c2Cl)C[C@H](c2ccc(CN3CCN(c4cncc(C5CCC(=O)NC5=O)c4)CC3)cc2)C1. The van der Waals surface area contributed by atoms with Crippen molar-refractivity contribution in [1.82, 2.24) is 29.9 Å². The maximum atomic E-state index is 12.3. The minimum absolute atomic E-state index is 0.154. The Balaban J connectivity index is 1.02. The number of pyridine rings is 1. The molecule has 232 valence electrons. The van der Waals surface area contributed by atoms with Crippen molar-refractivity contribution in [3.63, 3.8) is 0 Å². The summed E-state index contributed by atoms with van der Waals surface area (Å²) in [5.41, 5.74) is 4.78. The number of imide groups is 1. The molecule has 3 aromatic rings. The van der Waals surface area contributed by atoms with Crippen LogP contribution in [0.25, 0.3) is 0 Å². The molecular weight excluding hydrogens is 580 g/mol. The summed E-state index contributed by atoms with van der Waals surface area (Å²) in [5.74, 6) is -0.389. The number of halogens is 1. The van der Waals surface area contributed by atoms with Gasteiger partial charge in [0.25, 0.3) is 5.56 Å². The van der Waals surface area contributed by atoms with Crippen LogP contribution in [-0.4, -0.2) is 88.7 Å². The molecule has 0 spiro atoms. The molecule has 3 saturated heterocycles. The van der Waals surface area contributed by atoms with Crippen LogP contribution in [0.2, 0.25) is 5.02 Å². The van der Waals surface area contributed by atoms with E-state index in [0.29, 0.717) is 24.4 Å². The summed E-state index contributed by atoms with van der Waals surface area (Å²) >= 11 is 6.31. The summed E-state index contributed by atoms with van der Waals surface area (Å²) in [7, 11) is 3.72. The topological polar surface area (TPSA) is 116 Å². The molecule has 0 bridgehead atoms. The van der Waals surface area contributed by atoms with E-state index in [1.807, 2.05) is 6.20 Å². The molecule has 3 aliphatic heterocycles. The number of aryl methyl sites for hydroxylation is 1. The van der Waals surface area contributed by atoms with Crippen LogP contribution in [0, 0.1) is 0 Å². The van der Waals surface area contributed by atoms with E-state index < -0.39 is 0 Å². The minimum atomic E-state index is -0.323. The second-order valence-corrected chi connectivity index (χ2v) is 12.7. The van der Waals surface area contributed by atoms with Crippen LogP contribution in [0.4, 0.5) is 11.4 Å². The molecular formula is C32H39ClN8O3. The molecule has 5 heterocycles. The van der Waals surface area contributed by atoms with Crippen molar-refractivity contribution in [1.29, 1.82) is 0 Å². The fourth-order valence-corrected chi connectivity index (χ4v) is 6.86. The average molecular weight is 619 g/mol. The number of carbonyl (C=O) groups is 2. The Morgan fingerprint density at radius 1 is 0.977 bits per heavy atom. The molecule has 11 nitrogen and oxygen atoms in total. The average Bonchev–Trinajstić information content (AvgIpc) is 3.02. The van der Waals surface area contributed by atoms with Crippen LogP contribution >= 0.6 is 11.6 Å². The first-order valence-electron chi connectivity index (χ1n) is 15.2. The number of likely N-dealkylation sites (tertiary alicyclic amines) is 1. The highest BCUT2D eigenvalue weighted by molar-refractivity contribution is 6.32. The number of nitrogens with zero attached hydrogens (tertiary/aromatic N) is 6. The van der Waals surface area contributed by atoms with Gasteiger partial charge in [0.15, 0.2) is 0 Å². The lowest BCUT2D eigenvalue weighted by atomic mass is 9.87. The summed E-state index contributed by atoms with van der Waals surface area (Å²) in [5, 5.41) is 10.2. The first-order valence-corrected chi connectivity index (χ1v) is 15.6. The van der Waals surface area contributed by atoms with Crippen molar-refractivity contribution < 1.29 is 9.59 Å². The zero-order valence-corrected chi connectivity index (χ0v) is 26.0. The van der Waals surface area contributed by atoms with Crippen molar-refractivity contribution in [3.8, 4) is 0 Å². The van der Waals surface area contributed by atoms with Gasteiger partial charge >= 0.3 is 0 Å². The van der Waals surface area contributed by atoms with Crippen molar-refractivity contribution in [2.45, 2.75) is 43.7 Å². The van der Waals surface area contributed by atoms with E-state index in [9.17, 15) is 14.4 Å². The number of anilines is 2. The highest BCUT2D eigenvalue weighted by Crippen LogP contribution is 2.30. The Kier molecular flexibility index (Phi) is 8.97. The number of piperazine rings is 1. The molecule has 1 aromatic carbocycles. The van der Waals surface area contributed by atoms with Gasteiger partial charge in [-0.2, -0.15) is 5.10 Å². The van der Waals surface area contributed by atoms with Gasteiger partial charge in [0, 0.05) is 71.5 Å². The number of hydrogen-bond donors (Lipinski definition) is 2. The zero-order chi connectivity index (χ0) is 30.8. The van der Waals surface area contributed by atoms with Gasteiger partial charge in [0.1, 0.15) is 5.02 Å². The quantitative estimate of drug-likeness (QED) is 0.386. The maximum absolute atomic E-state index is 12.3. The molecule has 3 aliphatic rings. The summed E-state index contributed by atoms with van der Waals surface area (Å²) in [6, 6.07) is 11.2. The number of likely N-dealkylation sites (N-methyl/N-ethyl adjacent to an activating group) is 1. The molecule has 2 amide bonds. The van der Waals surface area contributed by atoms with Gasteiger partial charge in [-0.25, -0.2) is 4.68 Å². The molecule has 3 atom stereocenters. The smallest absolute Gasteiger partial charge is 0.287 e. The first-order chi connectivity index (χ1) is 21.2. The highest BCUT2D eigenvalue weighted by Gasteiger charge is 2.30. The third kappa shape index (κ3) is 6.80. The summed E-state index contributed by atoms with van der Waals surface area (Å²) < 4.78 is 1.24. The van der Waals surface area contributed by atoms with Crippen LogP contribution in [-0.2, 0) is 23.2 Å². The van der Waals surface area contributed by atoms with Gasteiger partial charge in [-0.3, -0.25) is 29.6 Å². The standard InChI is InChI=1S/C32H39ClN8O3/c1-38-19-24(13-25(20-38)36-28-17-35-39(2)32(44)30(28)33)22-5-3-21(4-6-22)18-40-9-11-41(12-10-40)26-14-23(15-34-16-26)27-7-8-29(42)37-31(27)43/h3-6,14-17,24-25,27,36H,7-13,18-20H2,1-2H3,(H,37,42,43)/t24-,25+,27?/m0/s1. The summed E-state index contributed by atoms with van der Waals surface area (Å²) in [6.07, 6.45) is 7.05. The number of benzene rings is 1. The monoisotopic (exact) mass is 618 g/mol. The Bertz CT molecular complexity index is 1570. The van der Waals surface area contributed by atoms with E-state index >= 15 is 0 Å². The lowest BCUT2D eigenvalue weighted by Crippen LogP contribution is -2.46. The maximum Gasteiger partial charge on any atom is 0.287 e. The van der Waals surface area contributed by atoms with Gasteiger partial charge in [0.05, 0.1) is 29.7 Å². The summed E-state index contributed by atoms with van der Waals surface area (Å²) in [6.45, 7) is 6.37. The number of piperidine rings is 2. The molecule has 6 rings (SSSR count). The van der Waals surface area contributed by atoms with Crippen molar-refractivity contribution in [3.05, 3.63) is 81.0 Å². The fourth-order valence-electron chi connectivity index (χ4n) is 6.63. The van der Waals surface area contributed by atoms with E-state index in [1.54, 1.807) is 19.4 Å². The Morgan fingerprint density at radius 3 is 2.50 bits per heavy atom. The molecule has 0 aliphatic carbocycles. The van der Waals surface area contributed by atoms with Crippen LogP contribution in [0.5, 0.6) is 0 Å². The van der Waals surface area contributed by atoms with Crippen LogP contribution < -0.4 is 21.1 Å². The molecule has 0 saturated carbocycles. The van der Waals surface area contributed by atoms with E-state index in [-0.39, 0.29) is 34.4 Å². The molecule has 3 fully saturated rings. The van der Waals surface area contributed by atoms with E-state index in [1.165, 1.54) is 15.8 Å². The summed E-state index contributed by atoms with van der Waals surface area (Å²) in [4.78, 5) is 47.6. The first kappa shape index (κ1) is 30.2. The van der Waals surface area contributed by atoms with E-state index in [4.69, 9.17) is 11.6 Å². The molecule has 0 radical (unpaired) electrons. The van der Waals surface area contributed by atoms with Crippen molar-refractivity contribution >= 4 is 34.8 Å². The zero-order valence-electron chi connectivity index (χ0n) is 25.2. The van der Waals surface area contributed by atoms with Crippen LogP contribution in [0.15, 0.2) is 53.7 Å². The van der Waals surface area contributed by atoms with Gasteiger partial charge in [0.2, 0.25) is 11.8 Å². The highest BCUT2D eigenvalue weighted by atomic mass is 35.5. The molecule has 1 unspecified atom stereocenters. The minimum Gasteiger partial charge on any atom is -0.378 e. The number of aromatic nitrogens is 3. The number of carbonyl (C=O) groups excluding carboxylic acids is 2. The predicted octanol–water partition coefficient (Wildman–Crippen LogP) is 2.57. The van der Waals surface area contributed by atoms with Crippen molar-refractivity contribution in [2.24, 2.45) is 7.05 Å².